The van der Waals surface area contributed by atoms with Gasteiger partial charge in [-0.15, -0.1) is 0 Å². The van der Waals surface area contributed by atoms with Crippen LogP contribution in [0.4, 0.5) is 0 Å². The first-order valence-electron chi connectivity index (χ1n) is 7.69. The van der Waals surface area contributed by atoms with Gasteiger partial charge in [0.25, 0.3) is 0 Å². The van der Waals surface area contributed by atoms with Crippen molar-refractivity contribution in [3.8, 4) is 0 Å². The Bertz CT molecular complexity index is 366. The van der Waals surface area contributed by atoms with E-state index in [-0.39, 0.29) is 0 Å². The van der Waals surface area contributed by atoms with E-state index < -0.39 is 0 Å². The van der Waals surface area contributed by atoms with Gasteiger partial charge in [0.2, 0.25) is 0 Å². The van der Waals surface area contributed by atoms with Gasteiger partial charge in [-0.3, -0.25) is 9.58 Å². The van der Waals surface area contributed by atoms with Crippen molar-refractivity contribution < 1.29 is 0 Å². The highest BCUT2D eigenvalue weighted by Crippen LogP contribution is 2.23. The molecule has 4 nitrogen and oxygen atoms in total. The van der Waals surface area contributed by atoms with Crippen molar-refractivity contribution in [2.75, 3.05) is 13.1 Å². The van der Waals surface area contributed by atoms with Crippen molar-refractivity contribution in [2.45, 2.75) is 64.6 Å². The minimum Gasteiger partial charge on any atom is -0.329 e. The maximum Gasteiger partial charge on any atom is 0.0765 e. The molecule has 4 heteroatoms. The third-order valence-corrected chi connectivity index (χ3v) is 4.07. The van der Waals surface area contributed by atoms with Crippen LogP contribution in [0.15, 0.2) is 12.3 Å². The zero-order valence-corrected chi connectivity index (χ0v) is 12.4. The van der Waals surface area contributed by atoms with Gasteiger partial charge >= 0.3 is 0 Å². The van der Waals surface area contributed by atoms with E-state index in [9.17, 15) is 0 Å². The monoisotopic (exact) mass is 264 g/mol. The van der Waals surface area contributed by atoms with E-state index in [1.165, 1.54) is 37.8 Å². The minimum atomic E-state index is 0.436. The Labute approximate surface area is 117 Å². The smallest absolute Gasteiger partial charge is 0.0765 e. The average Bonchev–Trinajstić information content (AvgIpc) is 2.88. The lowest BCUT2D eigenvalue weighted by molar-refractivity contribution is 0.150. The van der Waals surface area contributed by atoms with Gasteiger partial charge in [-0.25, -0.2) is 0 Å². The molecule has 0 radical (unpaired) electrons. The summed E-state index contributed by atoms with van der Waals surface area (Å²) in [5.41, 5.74) is 6.95. The summed E-state index contributed by atoms with van der Waals surface area (Å²) < 4.78 is 2.04. The summed E-state index contributed by atoms with van der Waals surface area (Å²) in [5, 5.41) is 4.66. The van der Waals surface area contributed by atoms with Gasteiger partial charge in [0.05, 0.1) is 5.69 Å². The number of nitrogens with two attached hydrogens (primary N) is 1. The minimum absolute atomic E-state index is 0.436. The van der Waals surface area contributed by atoms with Gasteiger partial charge < -0.3 is 5.73 Å². The average molecular weight is 264 g/mol. The van der Waals surface area contributed by atoms with E-state index in [2.05, 4.69) is 36.1 Å². The number of rotatable bonds is 6. The molecule has 0 aliphatic heterocycles. The van der Waals surface area contributed by atoms with Crippen molar-refractivity contribution in [1.29, 1.82) is 0 Å². The first-order chi connectivity index (χ1) is 9.20. The molecule has 0 bridgehead atoms. The number of hydrogen-bond donors (Lipinski definition) is 1. The lowest BCUT2D eigenvalue weighted by Gasteiger charge is -2.33. The van der Waals surface area contributed by atoms with Crippen molar-refractivity contribution in [3.05, 3.63) is 18.0 Å². The lowest BCUT2D eigenvalue weighted by atomic mass is 9.94. The molecule has 0 amide bonds. The zero-order valence-electron chi connectivity index (χ0n) is 12.4. The number of nitrogens with zero attached hydrogens (tertiary/aromatic N) is 3. The first-order valence-corrected chi connectivity index (χ1v) is 7.69. The maximum absolute atomic E-state index is 5.78. The first kappa shape index (κ1) is 14.5. The van der Waals surface area contributed by atoms with Crippen LogP contribution in [0.25, 0.3) is 0 Å². The van der Waals surface area contributed by atoms with Crippen LogP contribution >= 0.6 is 0 Å². The third kappa shape index (κ3) is 4.05. The molecule has 0 unspecified atom stereocenters. The molecule has 1 saturated carbocycles. The topological polar surface area (TPSA) is 47.1 Å². The molecule has 1 aliphatic rings. The molecule has 0 spiro atoms. The molecule has 108 valence electrons. The van der Waals surface area contributed by atoms with Crippen LogP contribution < -0.4 is 5.73 Å². The van der Waals surface area contributed by atoms with Gasteiger partial charge in [-0.2, -0.15) is 5.10 Å². The second-order valence-corrected chi connectivity index (χ2v) is 5.93. The molecular formula is C15H28N4. The molecule has 0 saturated heterocycles. The molecule has 2 rings (SSSR count). The molecule has 1 aliphatic carbocycles. The van der Waals surface area contributed by atoms with Crippen LogP contribution in [0.2, 0.25) is 0 Å². The summed E-state index contributed by atoms with van der Waals surface area (Å²) in [6.07, 6.45) is 8.87. The SMILES string of the molecule is CC(C)n1ccc(CN(CCN)C2CCCCC2)n1. The predicted molar refractivity (Wildman–Crippen MR) is 78.9 cm³/mol. The molecule has 19 heavy (non-hydrogen) atoms. The van der Waals surface area contributed by atoms with E-state index in [0.29, 0.717) is 12.1 Å². The van der Waals surface area contributed by atoms with Crippen LogP contribution in [0, 0.1) is 0 Å². The maximum atomic E-state index is 5.78. The number of hydrogen-bond acceptors (Lipinski definition) is 3. The van der Waals surface area contributed by atoms with Crippen LogP contribution in [-0.4, -0.2) is 33.8 Å². The summed E-state index contributed by atoms with van der Waals surface area (Å²) in [5.74, 6) is 0. The Morgan fingerprint density at radius 3 is 2.68 bits per heavy atom. The van der Waals surface area contributed by atoms with Crippen molar-refractivity contribution in [3.63, 3.8) is 0 Å². The standard InChI is InChI=1S/C15H28N4/c1-13(2)19-10-8-14(17-19)12-18(11-9-16)15-6-4-3-5-7-15/h8,10,13,15H,3-7,9,11-12,16H2,1-2H3. The second kappa shape index (κ2) is 7.06. The van der Waals surface area contributed by atoms with Crippen LogP contribution in [0.3, 0.4) is 0 Å². The molecule has 0 atom stereocenters. The van der Waals surface area contributed by atoms with Gasteiger partial charge in [-0.1, -0.05) is 19.3 Å². The van der Waals surface area contributed by atoms with Crippen molar-refractivity contribution >= 4 is 0 Å². The van der Waals surface area contributed by atoms with E-state index in [4.69, 9.17) is 5.73 Å². The predicted octanol–water partition coefficient (Wildman–Crippen LogP) is 2.56. The Morgan fingerprint density at radius 2 is 2.11 bits per heavy atom. The van der Waals surface area contributed by atoms with Crippen molar-refractivity contribution in [2.24, 2.45) is 5.73 Å². The fourth-order valence-corrected chi connectivity index (χ4v) is 2.96. The summed E-state index contributed by atoms with van der Waals surface area (Å²) in [4.78, 5) is 2.53. The Morgan fingerprint density at radius 1 is 1.37 bits per heavy atom. The van der Waals surface area contributed by atoms with Crippen molar-refractivity contribution in [1.82, 2.24) is 14.7 Å². The summed E-state index contributed by atoms with van der Waals surface area (Å²) in [6, 6.07) is 3.29. The molecular weight excluding hydrogens is 236 g/mol. The Kier molecular flexibility index (Phi) is 5.40. The molecule has 1 fully saturated rings. The fourth-order valence-electron chi connectivity index (χ4n) is 2.96. The van der Waals surface area contributed by atoms with Gasteiger partial charge in [0, 0.05) is 37.9 Å². The number of aromatic nitrogens is 2. The Hall–Kier alpha value is -0.870. The normalized spacial score (nSPS) is 17.5. The van der Waals surface area contributed by atoms with E-state index >= 15 is 0 Å². The summed E-state index contributed by atoms with van der Waals surface area (Å²) >= 11 is 0. The van der Waals surface area contributed by atoms with Gasteiger partial charge in [0.15, 0.2) is 0 Å². The van der Waals surface area contributed by atoms with Gasteiger partial charge in [-0.05, 0) is 32.8 Å². The van der Waals surface area contributed by atoms with Crippen LogP contribution in [-0.2, 0) is 6.54 Å². The Balaban J connectivity index is 1.98. The molecule has 1 aromatic heterocycles. The van der Waals surface area contributed by atoms with E-state index in [1.54, 1.807) is 0 Å². The lowest BCUT2D eigenvalue weighted by Crippen LogP contribution is -2.39. The molecule has 1 aromatic rings. The molecule has 0 aromatic carbocycles. The molecule has 1 heterocycles. The van der Waals surface area contributed by atoms with E-state index in [0.717, 1.165) is 19.6 Å². The molecule has 2 N–H and O–H groups in total. The van der Waals surface area contributed by atoms with Crippen LogP contribution in [0.5, 0.6) is 0 Å². The highest BCUT2D eigenvalue weighted by atomic mass is 15.3. The van der Waals surface area contributed by atoms with Gasteiger partial charge in [0.1, 0.15) is 0 Å². The summed E-state index contributed by atoms with van der Waals surface area (Å²) in [6.45, 7) is 6.99. The fraction of sp³-hybridized carbons (Fsp3) is 0.800. The zero-order chi connectivity index (χ0) is 13.7. The van der Waals surface area contributed by atoms with Crippen LogP contribution in [0.1, 0.15) is 57.7 Å². The third-order valence-electron chi connectivity index (χ3n) is 4.07. The van der Waals surface area contributed by atoms with E-state index in [1.807, 2.05) is 4.68 Å². The highest BCUT2D eigenvalue weighted by molar-refractivity contribution is 5.00. The largest absolute Gasteiger partial charge is 0.329 e. The quantitative estimate of drug-likeness (QED) is 0.859. The highest BCUT2D eigenvalue weighted by Gasteiger charge is 2.21. The second-order valence-electron chi connectivity index (χ2n) is 5.93. The summed E-state index contributed by atoms with van der Waals surface area (Å²) in [7, 11) is 0.